The summed E-state index contributed by atoms with van der Waals surface area (Å²) in [7, 11) is 0. The van der Waals surface area contributed by atoms with Gasteiger partial charge in [-0.05, 0) is 24.3 Å². The number of alkyl halides is 1. The summed E-state index contributed by atoms with van der Waals surface area (Å²) < 4.78 is 10.7. The number of hydrogen-bond donors (Lipinski definition) is 6. The molecule has 3 aromatic rings. The largest absolute Gasteiger partial charge is 0.481 e. The van der Waals surface area contributed by atoms with E-state index in [4.69, 9.17) is 37.6 Å². The first-order valence-corrected chi connectivity index (χ1v) is 13.1. The van der Waals surface area contributed by atoms with E-state index in [0.29, 0.717) is 24.5 Å². The SMILES string of the molecule is NCCOCCOCCN(C(=O)c1ccc(NCc2cnc3nc(N)[nH]c(=O)c3n2)cc1)C(Cl)(CCC(=O)O)C(=O)O. The number of rotatable bonds is 17. The molecular weight excluding hydrogens is 576 g/mol. The Morgan fingerprint density at radius 2 is 1.76 bits per heavy atom. The minimum Gasteiger partial charge on any atom is -0.481 e. The number of nitrogen functional groups attached to an aromatic ring is 1. The average molecular weight is 607 g/mol. The van der Waals surface area contributed by atoms with Crippen molar-refractivity contribution in [1.82, 2.24) is 24.8 Å². The van der Waals surface area contributed by atoms with Gasteiger partial charge in [0.05, 0.1) is 44.9 Å². The number of fused-ring (bicyclic) bond motifs is 1. The van der Waals surface area contributed by atoms with Gasteiger partial charge in [-0.25, -0.2) is 14.8 Å². The Morgan fingerprint density at radius 1 is 1.07 bits per heavy atom. The third kappa shape index (κ3) is 8.56. The number of aliphatic carboxylic acids is 2. The Bertz CT molecular complexity index is 1450. The van der Waals surface area contributed by atoms with Crippen LogP contribution in [0, 0.1) is 0 Å². The first-order valence-electron chi connectivity index (χ1n) is 12.7. The van der Waals surface area contributed by atoms with Crippen molar-refractivity contribution in [3.8, 4) is 0 Å². The number of carboxylic acids is 2. The molecule has 16 nitrogen and oxygen atoms in total. The highest BCUT2D eigenvalue weighted by molar-refractivity contribution is 6.34. The van der Waals surface area contributed by atoms with Gasteiger partial charge in [0.2, 0.25) is 10.9 Å². The number of benzene rings is 1. The van der Waals surface area contributed by atoms with Gasteiger partial charge in [-0.15, -0.1) is 0 Å². The highest BCUT2D eigenvalue weighted by Crippen LogP contribution is 2.29. The highest BCUT2D eigenvalue weighted by Gasteiger charge is 2.45. The number of carboxylic acid groups (broad SMARTS) is 2. The van der Waals surface area contributed by atoms with Crippen LogP contribution in [-0.4, -0.2) is 97.4 Å². The average Bonchev–Trinajstić information content (AvgIpc) is 2.96. The maximum atomic E-state index is 13.5. The molecule has 42 heavy (non-hydrogen) atoms. The topological polar surface area (TPSA) is 249 Å². The molecule has 8 N–H and O–H groups in total. The lowest BCUT2D eigenvalue weighted by Crippen LogP contribution is -2.54. The van der Waals surface area contributed by atoms with Crippen LogP contribution < -0.4 is 22.3 Å². The lowest BCUT2D eigenvalue weighted by atomic mass is 10.1. The Balaban J connectivity index is 1.72. The molecule has 17 heteroatoms. The molecular formula is C25H31ClN8O8. The molecule has 3 rings (SSSR count). The Labute approximate surface area is 244 Å². The van der Waals surface area contributed by atoms with Crippen LogP contribution in [0.3, 0.4) is 0 Å². The van der Waals surface area contributed by atoms with Crippen LogP contribution >= 0.6 is 11.6 Å². The summed E-state index contributed by atoms with van der Waals surface area (Å²) in [5, 5.41) is 22.1. The molecule has 1 aromatic carbocycles. The third-order valence-corrected chi connectivity index (χ3v) is 6.41. The van der Waals surface area contributed by atoms with Gasteiger partial charge in [0, 0.05) is 37.2 Å². The lowest BCUT2D eigenvalue weighted by molar-refractivity contribution is -0.146. The number of nitrogens with zero attached hydrogens (tertiary/aromatic N) is 4. The third-order valence-electron chi connectivity index (χ3n) is 5.86. The minimum atomic E-state index is -2.34. The first kappa shape index (κ1) is 32.1. The fourth-order valence-corrected chi connectivity index (χ4v) is 4.02. The second kappa shape index (κ2) is 15.0. The zero-order chi connectivity index (χ0) is 30.7. The normalized spacial score (nSPS) is 12.5. The fraction of sp³-hybridized carbons (Fsp3) is 0.400. The molecule has 0 saturated heterocycles. The van der Waals surface area contributed by atoms with E-state index in [1.54, 1.807) is 12.1 Å². The van der Waals surface area contributed by atoms with E-state index in [9.17, 15) is 24.3 Å². The number of aromatic amines is 1. The number of carbonyl (C=O) groups is 3. The predicted molar refractivity (Wildman–Crippen MR) is 151 cm³/mol. The van der Waals surface area contributed by atoms with Gasteiger partial charge in [-0.1, -0.05) is 11.6 Å². The fourth-order valence-electron chi connectivity index (χ4n) is 3.77. The summed E-state index contributed by atoms with van der Waals surface area (Å²) in [6, 6.07) is 6.07. The lowest BCUT2D eigenvalue weighted by Gasteiger charge is -2.35. The van der Waals surface area contributed by atoms with Crippen LogP contribution in [0.15, 0.2) is 35.3 Å². The van der Waals surface area contributed by atoms with Crippen LogP contribution in [0.25, 0.3) is 11.2 Å². The Hall–Kier alpha value is -4.38. The van der Waals surface area contributed by atoms with Crippen molar-refractivity contribution < 1.29 is 34.1 Å². The maximum Gasteiger partial charge on any atom is 0.345 e. The molecule has 0 aliphatic carbocycles. The number of amides is 1. The van der Waals surface area contributed by atoms with E-state index in [0.717, 1.165) is 4.90 Å². The molecule has 1 atom stereocenters. The predicted octanol–water partition coefficient (Wildman–Crippen LogP) is 0.226. The van der Waals surface area contributed by atoms with Crippen molar-refractivity contribution in [3.63, 3.8) is 0 Å². The van der Waals surface area contributed by atoms with E-state index in [2.05, 4.69) is 25.3 Å². The summed E-state index contributed by atoms with van der Waals surface area (Å²) in [5.41, 5.74) is 11.6. The molecule has 0 fully saturated rings. The summed E-state index contributed by atoms with van der Waals surface area (Å²) in [6.07, 6.45) is 0.317. The van der Waals surface area contributed by atoms with Gasteiger partial charge in [0.25, 0.3) is 11.5 Å². The molecule has 0 radical (unpaired) electrons. The van der Waals surface area contributed by atoms with Crippen molar-refractivity contribution >= 4 is 52.2 Å². The zero-order valence-electron chi connectivity index (χ0n) is 22.4. The van der Waals surface area contributed by atoms with Crippen molar-refractivity contribution in [2.75, 3.05) is 50.6 Å². The summed E-state index contributed by atoms with van der Waals surface area (Å²) in [6.45, 7) is 0.976. The van der Waals surface area contributed by atoms with Crippen LogP contribution in [0.1, 0.15) is 28.9 Å². The molecule has 0 aliphatic rings. The van der Waals surface area contributed by atoms with Gasteiger partial charge in [0.1, 0.15) is 0 Å². The van der Waals surface area contributed by atoms with E-state index in [1.165, 1.54) is 18.3 Å². The molecule has 1 unspecified atom stereocenters. The van der Waals surface area contributed by atoms with Gasteiger partial charge in [0.15, 0.2) is 11.2 Å². The number of anilines is 2. The van der Waals surface area contributed by atoms with Crippen molar-refractivity contribution in [1.29, 1.82) is 0 Å². The van der Waals surface area contributed by atoms with Crippen molar-refractivity contribution in [3.05, 3.63) is 52.1 Å². The van der Waals surface area contributed by atoms with Gasteiger partial charge >= 0.3 is 11.9 Å². The summed E-state index contributed by atoms with van der Waals surface area (Å²) in [4.78, 5) is 62.1. The molecule has 2 aromatic heterocycles. The number of carbonyl (C=O) groups excluding carboxylic acids is 1. The molecule has 0 spiro atoms. The molecule has 2 heterocycles. The maximum absolute atomic E-state index is 13.5. The Morgan fingerprint density at radius 3 is 2.40 bits per heavy atom. The van der Waals surface area contributed by atoms with Gasteiger partial charge < -0.3 is 41.4 Å². The first-order chi connectivity index (χ1) is 20.0. The van der Waals surface area contributed by atoms with E-state index in [-0.39, 0.29) is 55.6 Å². The van der Waals surface area contributed by atoms with Gasteiger partial charge in [-0.2, -0.15) is 4.98 Å². The summed E-state index contributed by atoms with van der Waals surface area (Å²) >= 11 is 6.41. The van der Waals surface area contributed by atoms with Crippen LogP contribution in [0.5, 0.6) is 0 Å². The highest BCUT2D eigenvalue weighted by atomic mass is 35.5. The number of nitrogens with two attached hydrogens (primary N) is 2. The number of halogens is 1. The number of nitrogens with one attached hydrogen (secondary N) is 2. The number of aromatic nitrogens is 4. The van der Waals surface area contributed by atoms with Gasteiger partial charge in [-0.3, -0.25) is 19.4 Å². The Kier molecular flexibility index (Phi) is 11.5. The molecule has 226 valence electrons. The van der Waals surface area contributed by atoms with Crippen molar-refractivity contribution in [2.45, 2.75) is 24.4 Å². The van der Waals surface area contributed by atoms with Crippen LogP contribution in [0.4, 0.5) is 11.6 Å². The number of ether oxygens (including phenoxy) is 2. The second-order valence-electron chi connectivity index (χ2n) is 8.84. The quantitative estimate of drug-likeness (QED) is 0.0683. The van der Waals surface area contributed by atoms with E-state index < -0.39 is 41.2 Å². The van der Waals surface area contributed by atoms with Crippen LogP contribution in [0.2, 0.25) is 0 Å². The summed E-state index contributed by atoms with van der Waals surface area (Å²) in [5.74, 6) is -3.65. The monoisotopic (exact) mass is 606 g/mol. The standard InChI is InChI=1S/C25H31ClN8O8/c26-25(23(39)40,6-5-18(35)36)34(8-10-42-12-11-41-9-7-27)22(38)15-1-3-16(4-2-15)29-13-17-14-30-20-19(31-17)21(37)33-24(28)32-20/h1-4,14,29H,5-13,27H2,(H,35,36)(H,39,40)(H3,28,30,32,33,37). The number of H-pyrrole nitrogens is 1. The number of hydrogen-bond acceptors (Lipinski definition) is 12. The minimum absolute atomic E-state index is 0.0301. The van der Waals surface area contributed by atoms with Crippen LogP contribution in [-0.2, 0) is 25.6 Å². The smallest absolute Gasteiger partial charge is 0.345 e. The molecule has 1 amide bonds. The molecule has 0 aliphatic heterocycles. The second-order valence-corrected chi connectivity index (χ2v) is 9.47. The molecule has 0 bridgehead atoms. The molecule has 0 saturated carbocycles. The van der Waals surface area contributed by atoms with E-state index >= 15 is 0 Å². The zero-order valence-corrected chi connectivity index (χ0v) is 23.2. The van der Waals surface area contributed by atoms with Crippen molar-refractivity contribution in [2.24, 2.45) is 5.73 Å². The van der Waals surface area contributed by atoms with E-state index in [1.807, 2.05) is 0 Å².